The minimum atomic E-state index is -0.725. The Bertz CT molecular complexity index is 2420. The van der Waals surface area contributed by atoms with E-state index in [4.69, 9.17) is 13.9 Å². The van der Waals surface area contributed by atoms with E-state index in [0.717, 1.165) is 30.4 Å². The van der Waals surface area contributed by atoms with Crippen LogP contribution in [-0.2, 0) is 19.1 Å². The molecule has 6 atom stereocenters. The summed E-state index contributed by atoms with van der Waals surface area (Å²) < 4.78 is 15.9. The van der Waals surface area contributed by atoms with Gasteiger partial charge >= 0.3 is 12.2 Å². The Labute approximate surface area is 341 Å². The first kappa shape index (κ1) is 41.0. The number of carbonyl (C=O) groups is 4. The van der Waals surface area contributed by atoms with E-state index in [2.05, 4.69) is 30.6 Å². The standard InChI is InChI=1S/C43H52N8O8/c1-7-23(3)35(48-42(55)57-5)40(53)50-17-9-11-31(50)38-44-21-29(46-38)25-14-16-33-28(19-25)37(52)27-15-13-26(20-34(27)59-33)30-22-45-39(47-30)32-12-10-18-51(32)41(54)36(24(4)8-2)49-43(56)58-6/h13-16,19-24,31-32,35-36H,7-12,17-18H2,1-6H3,(H,44,46)(H,45,47)(H,48,55)(H,49,56)/t23-,24-,31-,32-,35-,36-/m0/s1. The highest BCUT2D eigenvalue weighted by Crippen LogP contribution is 2.35. The Morgan fingerprint density at radius 3 is 1.73 bits per heavy atom. The lowest BCUT2D eigenvalue weighted by Crippen LogP contribution is -2.51. The minimum Gasteiger partial charge on any atom is -0.456 e. The summed E-state index contributed by atoms with van der Waals surface area (Å²) in [6.07, 6.45) is 6.55. The van der Waals surface area contributed by atoms with Crippen molar-refractivity contribution in [3.05, 3.63) is 70.7 Å². The molecular formula is C43H52N8O8. The highest BCUT2D eigenvalue weighted by Gasteiger charge is 2.39. The summed E-state index contributed by atoms with van der Waals surface area (Å²) in [4.78, 5) is 85.3. The lowest BCUT2D eigenvalue weighted by Gasteiger charge is -2.30. The second-order valence-corrected chi connectivity index (χ2v) is 15.6. The van der Waals surface area contributed by atoms with Crippen molar-refractivity contribution >= 4 is 45.9 Å². The molecule has 7 rings (SSSR count). The summed E-state index contributed by atoms with van der Waals surface area (Å²) in [5, 5.41) is 6.28. The van der Waals surface area contributed by atoms with Gasteiger partial charge in [0.15, 0.2) is 0 Å². The quantitative estimate of drug-likeness (QED) is 0.0995. The van der Waals surface area contributed by atoms with E-state index in [9.17, 15) is 24.0 Å². The Morgan fingerprint density at radius 2 is 1.24 bits per heavy atom. The van der Waals surface area contributed by atoms with Crippen LogP contribution in [0.5, 0.6) is 0 Å². The zero-order valence-corrected chi connectivity index (χ0v) is 34.3. The monoisotopic (exact) mass is 808 g/mol. The van der Waals surface area contributed by atoms with Gasteiger partial charge in [-0.15, -0.1) is 0 Å². The smallest absolute Gasteiger partial charge is 0.407 e. The number of hydrogen-bond donors (Lipinski definition) is 4. The lowest BCUT2D eigenvalue weighted by atomic mass is 9.97. The van der Waals surface area contributed by atoms with Crippen molar-refractivity contribution in [2.45, 2.75) is 90.4 Å². The van der Waals surface area contributed by atoms with Crippen LogP contribution in [0.15, 0.2) is 58.0 Å². The Kier molecular flexibility index (Phi) is 12.1. The van der Waals surface area contributed by atoms with Crippen molar-refractivity contribution in [1.29, 1.82) is 0 Å². The molecule has 0 radical (unpaired) electrons. The number of imidazole rings is 2. The Hall–Kier alpha value is -6.19. The number of carbonyl (C=O) groups excluding carboxylic acids is 4. The molecule has 2 saturated heterocycles. The number of alkyl carbamates (subject to hydrolysis) is 2. The van der Waals surface area contributed by atoms with E-state index < -0.39 is 24.3 Å². The zero-order valence-electron chi connectivity index (χ0n) is 34.3. The van der Waals surface area contributed by atoms with Crippen LogP contribution in [0.3, 0.4) is 0 Å². The number of methoxy groups -OCH3 is 2. The van der Waals surface area contributed by atoms with Crippen LogP contribution in [-0.4, -0.2) is 93.1 Å². The molecule has 0 aliphatic carbocycles. The second-order valence-electron chi connectivity index (χ2n) is 15.6. The molecule has 16 nitrogen and oxygen atoms in total. The van der Waals surface area contributed by atoms with Crippen LogP contribution in [0.1, 0.15) is 90.0 Å². The topological polar surface area (TPSA) is 205 Å². The Balaban J connectivity index is 1.10. The average molecular weight is 809 g/mol. The van der Waals surface area contributed by atoms with Crippen molar-refractivity contribution < 1.29 is 33.1 Å². The molecule has 0 bridgehead atoms. The summed E-state index contributed by atoms with van der Waals surface area (Å²) >= 11 is 0. The largest absolute Gasteiger partial charge is 0.456 e. The zero-order chi connectivity index (χ0) is 42.0. The molecule has 5 aromatic rings. The Morgan fingerprint density at radius 1 is 0.746 bits per heavy atom. The predicted molar refractivity (Wildman–Crippen MR) is 220 cm³/mol. The molecule has 3 aromatic heterocycles. The van der Waals surface area contributed by atoms with Crippen molar-refractivity contribution in [3.8, 4) is 22.5 Å². The van der Waals surface area contributed by atoms with Crippen LogP contribution in [0, 0.1) is 11.8 Å². The number of aromatic amines is 2. The summed E-state index contributed by atoms with van der Waals surface area (Å²) in [7, 11) is 2.56. The van der Waals surface area contributed by atoms with Crippen LogP contribution in [0.4, 0.5) is 9.59 Å². The van der Waals surface area contributed by atoms with E-state index in [1.807, 2.05) is 39.8 Å². The summed E-state index contributed by atoms with van der Waals surface area (Å²) in [6, 6.07) is 8.76. The molecular weight excluding hydrogens is 757 g/mol. The van der Waals surface area contributed by atoms with Gasteiger partial charge in [0.25, 0.3) is 0 Å². The molecule has 2 aliphatic heterocycles. The molecule has 5 heterocycles. The number of fused-ring (bicyclic) bond motifs is 2. The van der Waals surface area contributed by atoms with Gasteiger partial charge in [0.2, 0.25) is 17.2 Å². The van der Waals surface area contributed by atoms with Crippen molar-refractivity contribution in [1.82, 2.24) is 40.4 Å². The number of amides is 4. The normalized spacial score (nSPS) is 18.7. The van der Waals surface area contributed by atoms with E-state index >= 15 is 0 Å². The van der Waals surface area contributed by atoms with Gasteiger partial charge < -0.3 is 44.3 Å². The van der Waals surface area contributed by atoms with Crippen LogP contribution >= 0.6 is 0 Å². The van der Waals surface area contributed by atoms with Crippen LogP contribution < -0.4 is 16.1 Å². The first-order valence-electron chi connectivity index (χ1n) is 20.4. The summed E-state index contributed by atoms with van der Waals surface area (Å²) in [6.45, 7) is 8.89. The van der Waals surface area contributed by atoms with Crippen LogP contribution in [0.25, 0.3) is 44.5 Å². The SMILES string of the molecule is CC[C@H](C)[C@H](NC(=O)OC)C(=O)N1CCC[C@H]1c1ncc(-c2ccc3c(=O)c4cc(-c5cnc([C@@H]6CCCN6C(=O)[C@@H](NC(=O)OC)[C@@H](C)CC)[nH]5)ccc4oc3c2)[nH]1. The van der Waals surface area contributed by atoms with Crippen LogP contribution in [0.2, 0.25) is 0 Å². The van der Waals surface area contributed by atoms with E-state index in [1.165, 1.54) is 14.2 Å². The number of aromatic nitrogens is 4. The highest BCUT2D eigenvalue weighted by molar-refractivity contribution is 5.93. The number of benzene rings is 2. The maximum Gasteiger partial charge on any atom is 0.407 e. The number of ether oxygens (including phenoxy) is 2. The number of rotatable bonds is 12. The molecule has 59 heavy (non-hydrogen) atoms. The minimum absolute atomic E-state index is 0.0949. The highest BCUT2D eigenvalue weighted by atomic mass is 16.5. The molecule has 16 heteroatoms. The molecule has 4 amide bonds. The van der Waals surface area contributed by atoms with E-state index in [1.54, 1.807) is 46.5 Å². The second kappa shape index (κ2) is 17.3. The fourth-order valence-corrected chi connectivity index (χ4v) is 8.22. The molecule has 0 unspecified atom stereocenters. The van der Waals surface area contributed by atoms with Gasteiger partial charge in [0.1, 0.15) is 34.9 Å². The number of hydrogen-bond acceptors (Lipinski definition) is 10. The molecule has 2 fully saturated rings. The fraction of sp³-hybridized carbons (Fsp3) is 0.465. The molecule has 312 valence electrons. The van der Waals surface area contributed by atoms with Gasteiger partial charge in [0, 0.05) is 24.2 Å². The van der Waals surface area contributed by atoms with E-state index in [0.29, 0.717) is 77.3 Å². The molecule has 2 aliphatic rings. The predicted octanol–water partition coefficient (Wildman–Crippen LogP) is 6.59. The summed E-state index contributed by atoms with van der Waals surface area (Å²) in [5.41, 5.74) is 3.55. The molecule has 0 spiro atoms. The first-order valence-corrected chi connectivity index (χ1v) is 20.4. The van der Waals surface area contributed by atoms with E-state index in [-0.39, 0.29) is 41.2 Å². The third kappa shape index (κ3) is 8.12. The fourth-order valence-electron chi connectivity index (χ4n) is 8.22. The van der Waals surface area contributed by atoms with Crippen molar-refractivity contribution in [2.75, 3.05) is 27.3 Å². The number of nitrogens with one attached hydrogen (secondary N) is 4. The van der Waals surface area contributed by atoms with Crippen molar-refractivity contribution in [3.63, 3.8) is 0 Å². The third-order valence-corrected chi connectivity index (χ3v) is 12.1. The van der Waals surface area contributed by atoms with Gasteiger partial charge in [-0.1, -0.05) is 46.6 Å². The maximum absolute atomic E-state index is 13.9. The molecule has 0 saturated carbocycles. The van der Waals surface area contributed by atoms with Gasteiger partial charge in [-0.25, -0.2) is 19.6 Å². The van der Waals surface area contributed by atoms with Gasteiger partial charge in [0.05, 0.1) is 60.9 Å². The summed E-state index contributed by atoms with van der Waals surface area (Å²) in [5.74, 6) is 0.729. The number of H-pyrrole nitrogens is 2. The maximum atomic E-state index is 13.9. The molecule has 2 aromatic carbocycles. The average Bonchev–Trinajstić information content (AvgIpc) is 4.10. The molecule has 4 N–H and O–H groups in total. The third-order valence-electron chi connectivity index (χ3n) is 12.1. The van der Waals surface area contributed by atoms with Gasteiger partial charge in [-0.05, 0) is 67.9 Å². The number of nitrogens with zero attached hydrogens (tertiary/aromatic N) is 4. The number of likely N-dealkylation sites (tertiary alicyclic amines) is 2. The first-order chi connectivity index (χ1) is 28.5. The lowest BCUT2D eigenvalue weighted by molar-refractivity contribution is -0.136. The van der Waals surface area contributed by atoms with Gasteiger partial charge in [-0.2, -0.15) is 0 Å². The van der Waals surface area contributed by atoms with Crippen molar-refractivity contribution in [2.24, 2.45) is 11.8 Å². The van der Waals surface area contributed by atoms with Gasteiger partial charge in [-0.3, -0.25) is 14.4 Å².